The summed E-state index contributed by atoms with van der Waals surface area (Å²) in [7, 11) is -1.23. The summed E-state index contributed by atoms with van der Waals surface area (Å²) in [5, 5.41) is 3.62. The molecule has 7 rings (SSSR count). The van der Waals surface area contributed by atoms with Crippen LogP contribution in [0.5, 0.6) is 0 Å². The van der Waals surface area contributed by atoms with Gasteiger partial charge in [0.1, 0.15) is 5.58 Å². The van der Waals surface area contributed by atoms with E-state index in [1.807, 2.05) is 42.7 Å². The van der Waals surface area contributed by atoms with Crippen LogP contribution in [0.2, 0.25) is 19.6 Å². The SMILES string of the molecule is CC(C)(C)c1ccc2c(c1)oc1c[c-]c(-c3cc(C(C)(C)c4ccccc4)ccn3)cc12.C[Si](C)(C)c1ccc(-c2[c-]cccc2)nc1.[Ir]. The third-order valence-electron chi connectivity index (χ3n) is 9.14. The van der Waals surface area contributed by atoms with Crippen molar-refractivity contribution in [2.75, 3.05) is 0 Å². The minimum Gasteiger partial charge on any atom is -0.500 e. The number of hydrogen-bond donors (Lipinski definition) is 0. The summed E-state index contributed by atoms with van der Waals surface area (Å²) in [6.45, 7) is 18.2. The van der Waals surface area contributed by atoms with E-state index < -0.39 is 8.07 Å². The van der Waals surface area contributed by atoms with E-state index in [4.69, 9.17) is 4.42 Å². The topological polar surface area (TPSA) is 38.9 Å². The molecule has 0 saturated heterocycles. The van der Waals surface area contributed by atoms with Gasteiger partial charge in [0.2, 0.25) is 0 Å². The Labute approximate surface area is 306 Å². The van der Waals surface area contributed by atoms with E-state index in [0.29, 0.717) is 0 Å². The zero-order valence-corrected chi connectivity index (χ0v) is 33.1. The van der Waals surface area contributed by atoms with Gasteiger partial charge in [0.25, 0.3) is 0 Å². The first kappa shape index (κ1) is 36.1. The summed E-state index contributed by atoms with van der Waals surface area (Å²) in [5.41, 5.74) is 9.49. The number of pyridine rings is 2. The fourth-order valence-electron chi connectivity index (χ4n) is 5.87. The van der Waals surface area contributed by atoms with Gasteiger partial charge in [-0.25, -0.2) is 0 Å². The van der Waals surface area contributed by atoms with Crippen LogP contribution in [0.1, 0.15) is 51.3 Å². The first-order chi connectivity index (χ1) is 22.8. The molecular formula is C44H44IrN2OSi-2. The van der Waals surface area contributed by atoms with Crippen LogP contribution in [0, 0.1) is 12.1 Å². The van der Waals surface area contributed by atoms with Crippen molar-refractivity contribution in [3.8, 4) is 22.5 Å². The van der Waals surface area contributed by atoms with E-state index in [1.54, 1.807) is 0 Å². The number of benzene rings is 4. The Morgan fingerprint density at radius 2 is 1.37 bits per heavy atom. The van der Waals surface area contributed by atoms with Gasteiger partial charge in [-0.05, 0) is 50.8 Å². The van der Waals surface area contributed by atoms with Crippen molar-refractivity contribution in [2.24, 2.45) is 0 Å². The van der Waals surface area contributed by atoms with Crippen LogP contribution >= 0.6 is 0 Å². The molecule has 49 heavy (non-hydrogen) atoms. The fourth-order valence-corrected chi connectivity index (χ4v) is 6.91. The smallest absolute Gasteiger partial charge is 0.121 e. The first-order valence-electron chi connectivity index (χ1n) is 16.7. The predicted octanol–water partition coefficient (Wildman–Crippen LogP) is 11.2. The standard InChI is InChI=1S/C30H28NO.C14H16NSi.Ir/c1-29(2,3)22-12-13-24-25-17-20(11-14-27(25)32-28(24)19-22)26-18-23(15-16-31-26)30(4,5)21-9-7-6-8-10-21;1-16(2,3)13-9-10-14(15-11-13)12-7-5-4-6-8-12;/h6-10,12-19H,1-5H3;4-7,9-11H,1-3H3;/q2*-1;. The van der Waals surface area contributed by atoms with Gasteiger partial charge in [0.15, 0.2) is 0 Å². The molecule has 0 aliphatic carbocycles. The molecule has 3 aromatic heterocycles. The Morgan fingerprint density at radius 1 is 0.612 bits per heavy atom. The van der Waals surface area contributed by atoms with Crippen molar-refractivity contribution in [3.05, 3.63) is 150 Å². The molecule has 5 heteroatoms. The van der Waals surface area contributed by atoms with Crippen LogP contribution in [0.4, 0.5) is 0 Å². The predicted molar refractivity (Wildman–Crippen MR) is 205 cm³/mol. The van der Waals surface area contributed by atoms with E-state index in [-0.39, 0.29) is 30.9 Å². The van der Waals surface area contributed by atoms with Crippen LogP contribution < -0.4 is 5.19 Å². The zero-order valence-electron chi connectivity index (χ0n) is 29.7. The summed E-state index contributed by atoms with van der Waals surface area (Å²) in [5.74, 6) is 0. The largest absolute Gasteiger partial charge is 0.500 e. The van der Waals surface area contributed by atoms with Crippen molar-refractivity contribution >= 4 is 35.2 Å². The number of hydrogen-bond acceptors (Lipinski definition) is 3. The van der Waals surface area contributed by atoms with Crippen molar-refractivity contribution in [2.45, 2.75) is 65.1 Å². The maximum atomic E-state index is 6.16. The van der Waals surface area contributed by atoms with Crippen LogP contribution in [0.15, 0.2) is 126 Å². The molecule has 0 unspecified atom stereocenters. The molecule has 0 atom stereocenters. The Bertz CT molecular complexity index is 2160. The Kier molecular flexibility index (Phi) is 10.6. The van der Waals surface area contributed by atoms with Gasteiger partial charge < -0.3 is 14.4 Å². The molecule has 0 aliphatic heterocycles. The molecule has 0 bridgehead atoms. The molecule has 0 aliphatic rings. The van der Waals surface area contributed by atoms with E-state index in [0.717, 1.165) is 44.5 Å². The van der Waals surface area contributed by atoms with Gasteiger partial charge in [-0.3, -0.25) is 0 Å². The molecule has 4 aromatic carbocycles. The second-order valence-corrected chi connectivity index (χ2v) is 20.1. The van der Waals surface area contributed by atoms with E-state index >= 15 is 0 Å². The number of fused-ring (bicyclic) bond motifs is 3. The fraction of sp³-hybridized carbons (Fsp3) is 0.227. The number of aromatic nitrogens is 2. The average molecular weight is 837 g/mol. The summed E-state index contributed by atoms with van der Waals surface area (Å²) >= 11 is 0. The maximum absolute atomic E-state index is 6.16. The molecule has 0 fully saturated rings. The molecule has 0 amide bonds. The third-order valence-corrected chi connectivity index (χ3v) is 11.2. The Balaban J connectivity index is 0.000000233. The van der Waals surface area contributed by atoms with Crippen molar-refractivity contribution in [3.63, 3.8) is 0 Å². The van der Waals surface area contributed by atoms with E-state index in [1.165, 1.54) is 21.9 Å². The van der Waals surface area contributed by atoms with Crippen LogP contribution in [0.3, 0.4) is 0 Å². The maximum Gasteiger partial charge on any atom is 0.121 e. The molecule has 251 valence electrons. The zero-order chi connectivity index (χ0) is 34.1. The minimum atomic E-state index is -1.23. The van der Waals surface area contributed by atoms with Gasteiger partial charge in [-0.1, -0.05) is 120 Å². The molecule has 0 N–H and O–H groups in total. The van der Waals surface area contributed by atoms with Gasteiger partial charge in [0, 0.05) is 43.3 Å². The summed E-state index contributed by atoms with van der Waals surface area (Å²) in [6.07, 6.45) is 3.92. The van der Waals surface area contributed by atoms with Gasteiger partial charge in [-0.15, -0.1) is 59.7 Å². The van der Waals surface area contributed by atoms with Crippen molar-refractivity contribution in [1.82, 2.24) is 9.97 Å². The van der Waals surface area contributed by atoms with Crippen molar-refractivity contribution in [1.29, 1.82) is 0 Å². The van der Waals surface area contributed by atoms with Crippen molar-refractivity contribution < 1.29 is 24.5 Å². The number of furan rings is 1. The number of rotatable bonds is 5. The molecule has 0 saturated carbocycles. The van der Waals surface area contributed by atoms with Crippen LogP contribution in [0.25, 0.3) is 44.5 Å². The summed E-state index contributed by atoms with van der Waals surface area (Å²) in [4.78, 5) is 9.19. The molecule has 0 spiro atoms. The molecule has 3 nitrogen and oxygen atoms in total. The molecular weight excluding hydrogens is 793 g/mol. The second kappa shape index (κ2) is 14.4. The Morgan fingerprint density at radius 3 is 2.02 bits per heavy atom. The normalized spacial score (nSPS) is 11.9. The van der Waals surface area contributed by atoms with Gasteiger partial charge in [-0.2, -0.15) is 0 Å². The van der Waals surface area contributed by atoms with Gasteiger partial charge >= 0.3 is 0 Å². The quantitative estimate of drug-likeness (QED) is 0.128. The summed E-state index contributed by atoms with van der Waals surface area (Å²) in [6, 6.07) is 44.4. The molecule has 1 radical (unpaired) electrons. The molecule has 3 heterocycles. The van der Waals surface area contributed by atoms with E-state index in [9.17, 15) is 0 Å². The first-order valence-corrected chi connectivity index (χ1v) is 20.2. The second-order valence-electron chi connectivity index (χ2n) is 15.1. The average Bonchev–Trinajstić information content (AvgIpc) is 3.46. The van der Waals surface area contributed by atoms with Crippen LogP contribution in [-0.2, 0) is 30.9 Å². The minimum absolute atomic E-state index is 0. The van der Waals surface area contributed by atoms with Gasteiger partial charge in [0.05, 0.1) is 13.7 Å². The summed E-state index contributed by atoms with van der Waals surface area (Å²) < 4.78 is 6.16. The monoisotopic (exact) mass is 837 g/mol. The van der Waals surface area contributed by atoms with E-state index in [2.05, 4.69) is 155 Å². The van der Waals surface area contributed by atoms with Crippen LogP contribution in [-0.4, -0.2) is 18.0 Å². The Hall–Kier alpha value is -4.15. The third kappa shape index (κ3) is 8.02. The molecule has 7 aromatic rings. The number of nitrogens with zero attached hydrogens (tertiary/aromatic N) is 2.